The Kier molecular flexibility index (Phi) is 8.24. The molecule has 2 heterocycles. The predicted molar refractivity (Wildman–Crippen MR) is 104 cm³/mol. The van der Waals surface area contributed by atoms with Crippen LogP contribution in [0.25, 0.3) is 22.5 Å². The van der Waals surface area contributed by atoms with Crippen molar-refractivity contribution in [2.75, 3.05) is 0 Å². The summed E-state index contributed by atoms with van der Waals surface area (Å²) in [6.45, 7) is 0. The van der Waals surface area contributed by atoms with E-state index < -0.39 is 0 Å². The van der Waals surface area contributed by atoms with Gasteiger partial charge < -0.3 is 0 Å². The summed E-state index contributed by atoms with van der Waals surface area (Å²) < 4.78 is 1.20. The van der Waals surface area contributed by atoms with Crippen LogP contribution in [0.15, 0.2) is 97.3 Å². The van der Waals surface area contributed by atoms with Gasteiger partial charge in [-0.3, -0.25) is 9.97 Å². The van der Waals surface area contributed by atoms with Crippen molar-refractivity contribution in [2.24, 2.45) is 0 Å². The Morgan fingerprint density at radius 3 is 1.46 bits per heavy atom. The summed E-state index contributed by atoms with van der Waals surface area (Å²) in [6.07, 6.45) is 3.58. The molecule has 0 aliphatic heterocycles. The number of aromatic nitrogens is 2. The average molecular weight is 446 g/mol. The van der Waals surface area contributed by atoms with Crippen molar-refractivity contribution in [3.05, 3.63) is 103 Å². The third-order valence-electron chi connectivity index (χ3n) is 3.42. The van der Waals surface area contributed by atoms with E-state index in [0.29, 0.717) is 0 Å². The summed E-state index contributed by atoms with van der Waals surface area (Å²) in [5, 5.41) is 0. The SMILES string of the molecule is [Ni].[Se]c1ccccc1.[c-]1c(-c2ccccn2)cccc1-c1ccccn1. The van der Waals surface area contributed by atoms with E-state index in [1.165, 1.54) is 4.46 Å². The molecule has 4 rings (SSSR count). The first-order valence-corrected chi connectivity index (χ1v) is 8.76. The van der Waals surface area contributed by atoms with E-state index in [1.807, 2.05) is 84.9 Å². The van der Waals surface area contributed by atoms with Crippen LogP contribution in [0, 0.1) is 6.07 Å². The van der Waals surface area contributed by atoms with Gasteiger partial charge in [-0.25, -0.2) is 0 Å². The van der Waals surface area contributed by atoms with Crippen molar-refractivity contribution in [3.8, 4) is 22.5 Å². The topological polar surface area (TPSA) is 25.8 Å². The van der Waals surface area contributed by atoms with Crippen molar-refractivity contribution in [2.45, 2.75) is 0 Å². The molecule has 2 nitrogen and oxygen atoms in total. The second-order valence-electron chi connectivity index (χ2n) is 5.22. The maximum absolute atomic E-state index is 4.33. The zero-order valence-electron chi connectivity index (χ0n) is 13.9. The standard InChI is InChI=1S/C16H11N2.C6H5Se.Ni/c1-3-10-17-15(8-1)13-6-5-7-14(12-13)16-9-2-4-11-18-16;7-6-4-2-1-3-5-6;/h1-11H;1-5H;/q-1;;. The Morgan fingerprint density at radius 2 is 1.08 bits per heavy atom. The number of hydrogen-bond acceptors (Lipinski definition) is 2. The van der Waals surface area contributed by atoms with Gasteiger partial charge in [-0.2, -0.15) is 0 Å². The number of benzene rings is 2. The number of nitrogens with zero attached hydrogens (tertiary/aromatic N) is 2. The van der Waals surface area contributed by atoms with E-state index in [0.717, 1.165) is 22.5 Å². The molecule has 131 valence electrons. The molecule has 2 aromatic heterocycles. The first kappa shape index (κ1) is 20.1. The summed E-state index contributed by atoms with van der Waals surface area (Å²) in [7, 11) is 0. The molecule has 2 aromatic carbocycles. The molecule has 0 saturated carbocycles. The van der Waals surface area contributed by atoms with Crippen LogP contribution in [0.2, 0.25) is 0 Å². The van der Waals surface area contributed by atoms with Crippen LogP contribution in [-0.4, -0.2) is 26.0 Å². The van der Waals surface area contributed by atoms with E-state index in [2.05, 4.69) is 32.0 Å². The van der Waals surface area contributed by atoms with Crippen LogP contribution < -0.4 is 4.46 Å². The smallest absolute Gasteiger partial charge is 0.0183 e. The second-order valence-corrected chi connectivity index (χ2v) is 6.21. The van der Waals surface area contributed by atoms with Gasteiger partial charge >= 0.3 is 50.8 Å². The van der Waals surface area contributed by atoms with Gasteiger partial charge in [-0.1, -0.05) is 35.4 Å². The molecule has 0 bridgehead atoms. The third-order valence-corrected chi connectivity index (χ3v) is 3.99. The second kappa shape index (κ2) is 10.7. The minimum Gasteiger partial charge on any atom is -0.295 e. The normalized spacial score (nSPS) is 9.38. The van der Waals surface area contributed by atoms with Crippen molar-refractivity contribution in [1.82, 2.24) is 9.97 Å². The zero-order valence-corrected chi connectivity index (χ0v) is 16.6. The molecule has 26 heavy (non-hydrogen) atoms. The van der Waals surface area contributed by atoms with Crippen molar-refractivity contribution in [3.63, 3.8) is 0 Å². The summed E-state index contributed by atoms with van der Waals surface area (Å²) in [5.74, 6) is 0. The first-order valence-electron chi connectivity index (χ1n) is 7.90. The average Bonchev–Trinajstić information content (AvgIpc) is 2.71. The monoisotopic (exact) mass is 446 g/mol. The molecule has 0 aliphatic carbocycles. The van der Waals surface area contributed by atoms with Crippen molar-refractivity contribution < 1.29 is 16.5 Å². The van der Waals surface area contributed by atoms with E-state index in [4.69, 9.17) is 0 Å². The maximum Gasteiger partial charge on any atom is 0.0183 e. The van der Waals surface area contributed by atoms with Crippen LogP contribution in [-0.2, 0) is 16.5 Å². The zero-order chi connectivity index (χ0) is 17.3. The van der Waals surface area contributed by atoms with Crippen LogP contribution in [0.4, 0.5) is 0 Å². The van der Waals surface area contributed by atoms with Crippen LogP contribution in [0.1, 0.15) is 0 Å². The minimum absolute atomic E-state index is 0. The summed E-state index contributed by atoms with van der Waals surface area (Å²) in [4.78, 5) is 8.66. The molecular weight excluding hydrogens is 430 g/mol. The summed E-state index contributed by atoms with van der Waals surface area (Å²) >= 11 is 2.90. The molecule has 0 unspecified atom stereocenters. The van der Waals surface area contributed by atoms with Gasteiger partial charge in [0.2, 0.25) is 0 Å². The maximum atomic E-state index is 4.33. The Hall–Kier alpha value is -2.25. The van der Waals surface area contributed by atoms with Crippen molar-refractivity contribution in [1.29, 1.82) is 0 Å². The molecule has 1 radical (unpaired) electrons. The quantitative estimate of drug-likeness (QED) is 0.343. The molecule has 0 saturated heterocycles. The van der Waals surface area contributed by atoms with Crippen LogP contribution in [0.5, 0.6) is 0 Å². The fourth-order valence-corrected chi connectivity index (χ4v) is 2.56. The third kappa shape index (κ3) is 5.93. The first-order chi connectivity index (χ1) is 12.3. The van der Waals surface area contributed by atoms with Crippen LogP contribution >= 0.6 is 0 Å². The molecule has 4 heteroatoms. The Balaban J connectivity index is 0.000000258. The fourth-order valence-electron chi connectivity index (χ4n) is 2.23. The number of hydrogen-bond donors (Lipinski definition) is 0. The predicted octanol–water partition coefficient (Wildman–Crippen LogP) is 4.09. The van der Waals surface area contributed by atoms with Gasteiger partial charge in [0.25, 0.3) is 0 Å². The van der Waals surface area contributed by atoms with E-state index >= 15 is 0 Å². The molecule has 0 aliphatic rings. The van der Waals surface area contributed by atoms with Gasteiger partial charge in [0.05, 0.1) is 0 Å². The molecule has 4 aromatic rings. The van der Waals surface area contributed by atoms with Gasteiger partial charge in [0.1, 0.15) is 0 Å². The number of pyridine rings is 2. The summed E-state index contributed by atoms with van der Waals surface area (Å²) in [5.41, 5.74) is 3.82. The molecule has 0 spiro atoms. The van der Waals surface area contributed by atoms with Gasteiger partial charge in [-0.15, -0.1) is 24.3 Å². The van der Waals surface area contributed by atoms with Gasteiger partial charge in [0.15, 0.2) is 0 Å². The van der Waals surface area contributed by atoms with Crippen molar-refractivity contribution >= 4 is 20.5 Å². The molecular formula is C22H16N2NiSe-. The fraction of sp³-hybridized carbons (Fsp3) is 0. The van der Waals surface area contributed by atoms with Crippen LogP contribution in [0.3, 0.4) is 0 Å². The minimum atomic E-state index is 0. The Morgan fingerprint density at radius 1 is 0.577 bits per heavy atom. The number of rotatable bonds is 2. The van der Waals surface area contributed by atoms with E-state index in [1.54, 1.807) is 12.4 Å². The summed E-state index contributed by atoms with van der Waals surface area (Å²) in [6, 6.07) is 31.2. The molecule has 0 atom stereocenters. The Labute approximate surface area is 172 Å². The molecule has 0 fully saturated rings. The van der Waals surface area contributed by atoms with Gasteiger partial charge in [0, 0.05) is 40.3 Å². The molecule has 0 N–H and O–H groups in total. The molecule has 0 amide bonds. The van der Waals surface area contributed by atoms with E-state index in [9.17, 15) is 0 Å². The van der Waals surface area contributed by atoms with Gasteiger partial charge in [-0.05, 0) is 12.1 Å². The Bertz CT molecular complexity index is 846. The van der Waals surface area contributed by atoms with E-state index in [-0.39, 0.29) is 16.5 Å². The largest absolute Gasteiger partial charge is 0.295 e.